The van der Waals surface area contributed by atoms with Crippen LogP contribution in [0, 0.1) is 0 Å². The van der Waals surface area contributed by atoms with Crippen LogP contribution in [0.3, 0.4) is 0 Å². The molecule has 0 radical (unpaired) electrons. The predicted molar refractivity (Wildman–Crippen MR) is 53.0 cm³/mol. The molecule has 0 bridgehead atoms. The minimum Gasteiger partial charge on any atom is -0.478 e. The van der Waals surface area contributed by atoms with E-state index in [4.69, 9.17) is 20.0 Å². The van der Waals surface area contributed by atoms with Gasteiger partial charge < -0.3 is 14.7 Å². The molecule has 17 heavy (non-hydrogen) atoms. The largest absolute Gasteiger partial charge is 0.524 e. The summed E-state index contributed by atoms with van der Waals surface area (Å²) in [5.74, 6) is -3.99. The van der Waals surface area contributed by atoms with Gasteiger partial charge in [-0.1, -0.05) is 6.07 Å². The van der Waals surface area contributed by atoms with Crippen molar-refractivity contribution in [1.29, 1.82) is 0 Å². The first kappa shape index (κ1) is 13.2. The molecule has 1 aromatic carbocycles. The number of carboxylic acid groups (broad SMARTS) is 2. The van der Waals surface area contributed by atoms with Crippen LogP contribution in [0.15, 0.2) is 18.2 Å². The molecule has 0 aliphatic carbocycles. The molecule has 0 saturated carbocycles. The molecule has 0 heterocycles. The highest BCUT2D eigenvalue weighted by Crippen LogP contribution is 2.40. The van der Waals surface area contributed by atoms with Gasteiger partial charge in [-0.05, 0) is 12.1 Å². The van der Waals surface area contributed by atoms with Gasteiger partial charge in [-0.2, -0.15) is 0 Å². The minimum absolute atomic E-state index is 0.645. The molecule has 0 aromatic heterocycles. The Bertz CT molecular complexity index is 484. The van der Waals surface area contributed by atoms with E-state index in [2.05, 4.69) is 4.52 Å². The maximum atomic E-state index is 10.8. The zero-order chi connectivity index (χ0) is 13.2. The molecule has 1 rings (SSSR count). The Morgan fingerprint density at radius 3 is 1.76 bits per heavy atom. The smallest absolute Gasteiger partial charge is 0.478 e. The van der Waals surface area contributed by atoms with Crippen LogP contribution in [0.4, 0.5) is 0 Å². The van der Waals surface area contributed by atoms with Crippen molar-refractivity contribution in [2.75, 3.05) is 0 Å². The van der Waals surface area contributed by atoms with Crippen LogP contribution >= 0.6 is 7.82 Å². The molecule has 0 spiro atoms. The zero-order valence-corrected chi connectivity index (χ0v) is 9.00. The van der Waals surface area contributed by atoms with Crippen molar-refractivity contribution in [2.24, 2.45) is 0 Å². The fraction of sp³-hybridized carbons (Fsp3) is 0. The number of hydrogen-bond donors (Lipinski definition) is 4. The molecular formula is C8H7O8P. The van der Waals surface area contributed by atoms with E-state index < -0.39 is 36.6 Å². The summed E-state index contributed by atoms with van der Waals surface area (Å²) >= 11 is 0. The van der Waals surface area contributed by atoms with Crippen molar-refractivity contribution in [3.63, 3.8) is 0 Å². The van der Waals surface area contributed by atoms with Crippen LogP contribution in [0.2, 0.25) is 0 Å². The van der Waals surface area contributed by atoms with Gasteiger partial charge >= 0.3 is 19.8 Å². The third kappa shape index (κ3) is 3.28. The topological polar surface area (TPSA) is 141 Å². The first-order valence-electron chi connectivity index (χ1n) is 4.07. The Hall–Kier alpha value is -1.89. The first-order chi connectivity index (χ1) is 7.72. The number of rotatable bonds is 4. The van der Waals surface area contributed by atoms with Gasteiger partial charge in [0.25, 0.3) is 0 Å². The monoisotopic (exact) mass is 262 g/mol. The summed E-state index contributed by atoms with van der Waals surface area (Å²) in [6.45, 7) is 0. The molecule has 0 saturated heterocycles. The summed E-state index contributed by atoms with van der Waals surface area (Å²) in [5, 5.41) is 17.5. The molecule has 8 nitrogen and oxygen atoms in total. The lowest BCUT2D eigenvalue weighted by atomic mass is 10.1. The molecule has 92 valence electrons. The third-order valence-electron chi connectivity index (χ3n) is 1.69. The van der Waals surface area contributed by atoms with Gasteiger partial charge in [0.1, 0.15) is 11.1 Å². The fourth-order valence-corrected chi connectivity index (χ4v) is 1.53. The Balaban J connectivity index is 3.44. The van der Waals surface area contributed by atoms with Gasteiger partial charge in [0, 0.05) is 0 Å². The van der Waals surface area contributed by atoms with E-state index in [-0.39, 0.29) is 0 Å². The van der Waals surface area contributed by atoms with Gasteiger partial charge in [0.2, 0.25) is 0 Å². The van der Waals surface area contributed by atoms with Crippen LogP contribution in [-0.4, -0.2) is 31.9 Å². The number of benzene rings is 1. The van der Waals surface area contributed by atoms with E-state index in [0.29, 0.717) is 0 Å². The highest BCUT2D eigenvalue weighted by atomic mass is 31.2. The van der Waals surface area contributed by atoms with Gasteiger partial charge in [-0.25, -0.2) is 14.2 Å². The normalized spacial score (nSPS) is 10.9. The van der Waals surface area contributed by atoms with Crippen molar-refractivity contribution < 1.29 is 38.7 Å². The van der Waals surface area contributed by atoms with E-state index in [1.165, 1.54) is 0 Å². The summed E-state index contributed by atoms with van der Waals surface area (Å²) < 4.78 is 14.7. The van der Waals surface area contributed by atoms with E-state index in [0.717, 1.165) is 18.2 Å². The van der Waals surface area contributed by atoms with E-state index in [9.17, 15) is 14.2 Å². The van der Waals surface area contributed by atoms with Crippen molar-refractivity contribution in [2.45, 2.75) is 0 Å². The summed E-state index contributed by atoms with van der Waals surface area (Å²) in [6.07, 6.45) is 0. The number of hydrogen-bond acceptors (Lipinski definition) is 4. The number of carbonyl (C=O) groups is 2. The highest BCUT2D eigenvalue weighted by Gasteiger charge is 2.26. The molecule has 4 N–H and O–H groups in total. The molecule has 0 aliphatic heterocycles. The lowest BCUT2D eigenvalue weighted by Gasteiger charge is -2.11. The van der Waals surface area contributed by atoms with E-state index in [1.54, 1.807) is 0 Å². The minimum atomic E-state index is -5.05. The van der Waals surface area contributed by atoms with Crippen molar-refractivity contribution >= 4 is 19.8 Å². The van der Waals surface area contributed by atoms with Crippen molar-refractivity contribution in [3.05, 3.63) is 29.3 Å². The van der Waals surface area contributed by atoms with Crippen LogP contribution in [0.25, 0.3) is 0 Å². The molecule has 0 atom stereocenters. The molecule has 9 heteroatoms. The van der Waals surface area contributed by atoms with Crippen LogP contribution in [-0.2, 0) is 4.57 Å². The van der Waals surface area contributed by atoms with Gasteiger partial charge in [-0.15, -0.1) is 0 Å². The first-order valence-corrected chi connectivity index (χ1v) is 5.60. The molecular weight excluding hydrogens is 255 g/mol. The maximum Gasteiger partial charge on any atom is 0.524 e. The molecule has 0 fully saturated rings. The number of phosphoric ester groups is 1. The SMILES string of the molecule is O=C(O)c1cccc(C(=O)O)c1OP(=O)(O)O. The second-order valence-electron chi connectivity index (χ2n) is 2.87. The second-order valence-corrected chi connectivity index (χ2v) is 4.04. The quantitative estimate of drug-likeness (QED) is 0.576. The zero-order valence-electron chi connectivity index (χ0n) is 8.10. The summed E-state index contributed by atoms with van der Waals surface area (Å²) in [4.78, 5) is 38.7. The van der Waals surface area contributed by atoms with Crippen molar-refractivity contribution in [3.8, 4) is 5.75 Å². The number of phosphoric acid groups is 1. The predicted octanol–water partition coefficient (Wildman–Crippen LogP) is 0.554. The fourth-order valence-electron chi connectivity index (χ4n) is 1.09. The average molecular weight is 262 g/mol. The average Bonchev–Trinajstić information content (AvgIpc) is 2.14. The lowest BCUT2D eigenvalue weighted by molar-refractivity contribution is 0.0693. The second kappa shape index (κ2) is 4.54. The highest BCUT2D eigenvalue weighted by molar-refractivity contribution is 7.46. The lowest BCUT2D eigenvalue weighted by Crippen LogP contribution is -2.07. The Morgan fingerprint density at radius 1 is 1.06 bits per heavy atom. The molecule has 0 unspecified atom stereocenters. The molecule has 0 amide bonds. The van der Waals surface area contributed by atoms with Gasteiger partial charge in [-0.3, -0.25) is 9.79 Å². The number of carboxylic acids is 2. The standard InChI is InChI=1S/C8H7O8P/c9-7(10)4-2-1-3-5(8(11)12)6(4)16-17(13,14)15/h1-3H,(H,9,10)(H,11,12)(H2,13,14,15). The summed E-state index contributed by atoms with van der Waals surface area (Å²) in [7, 11) is -5.05. The summed E-state index contributed by atoms with van der Waals surface area (Å²) in [6, 6.07) is 3.07. The van der Waals surface area contributed by atoms with Crippen LogP contribution in [0.5, 0.6) is 5.75 Å². The van der Waals surface area contributed by atoms with Crippen molar-refractivity contribution in [1.82, 2.24) is 0 Å². The van der Waals surface area contributed by atoms with Crippen LogP contribution < -0.4 is 4.52 Å². The molecule has 1 aromatic rings. The summed E-state index contributed by atoms with van der Waals surface area (Å²) in [5.41, 5.74) is -1.29. The van der Waals surface area contributed by atoms with Crippen LogP contribution in [0.1, 0.15) is 20.7 Å². The van der Waals surface area contributed by atoms with E-state index in [1.807, 2.05) is 0 Å². The Morgan fingerprint density at radius 2 is 1.47 bits per heavy atom. The van der Waals surface area contributed by atoms with Gasteiger partial charge in [0.05, 0.1) is 0 Å². The van der Waals surface area contributed by atoms with E-state index >= 15 is 0 Å². The number of para-hydroxylation sites is 1. The number of aromatic carboxylic acids is 2. The maximum absolute atomic E-state index is 10.8. The van der Waals surface area contributed by atoms with Gasteiger partial charge in [0.15, 0.2) is 5.75 Å². The molecule has 0 aliphatic rings. The Kier molecular flexibility index (Phi) is 3.52. The Labute approximate surface area is 94.3 Å². The third-order valence-corrected chi connectivity index (χ3v) is 2.11.